The lowest BCUT2D eigenvalue weighted by molar-refractivity contribution is 0.0938. The fourth-order valence-corrected chi connectivity index (χ4v) is 15.4. The third kappa shape index (κ3) is 39.8. The highest BCUT2D eigenvalue weighted by atomic mass is 79.9. The number of amidine groups is 7. The SMILES string of the molecule is CNC(=O)c1cccnc1CSC(=N)N.CNC(=O)c1ncccc1CSC(=N)N.N#Cc1ccc(CNC(=O)c2ccccc2CSC(=N)N)cc1.N#Cc1ccc(CNC(=O)c2ncccc2CSC(=N)N)cc1.N=C(N)SCc1cc(Br)ccc1C(=O)NCc1ccc(Br)cc1.NC(=Nc1ccc(F)cc1F)SCc1ccccc1CSC(N)=Nc1ccc(F)cc1F. The molecule has 131 heavy (non-hydrogen) atoms. The van der Waals surface area contributed by atoms with E-state index >= 15 is 0 Å². The number of nitriles is 2. The van der Waals surface area contributed by atoms with Crippen molar-refractivity contribution in [2.45, 2.75) is 59.9 Å². The topological polar surface area (TPSA) is 558 Å². The van der Waals surface area contributed by atoms with Crippen LogP contribution in [0.2, 0.25) is 0 Å². The molecule has 24 N–H and O–H groups in total. The van der Waals surface area contributed by atoms with Crippen molar-refractivity contribution in [3.8, 4) is 12.1 Å². The van der Waals surface area contributed by atoms with E-state index in [9.17, 15) is 41.5 Å². The Kier molecular flexibility index (Phi) is 47.1. The molecule has 0 radical (unpaired) electrons. The molecule has 0 spiro atoms. The van der Waals surface area contributed by atoms with Crippen LogP contribution in [0.25, 0.3) is 0 Å². The summed E-state index contributed by atoms with van der Waals surface area (Å²) in [6.45, 7) is 1.20. The van der Waals surface area contributed by atoms with Crippen molar-refractivity contribution in [2.24, 2.45) is 50.1 Å². The average Bonchev–Trinajstić information content (AvgIpc) is 0.841. The molecule has 11 rings (SSSR count). The van der Waals surface area contributed by atoms with Crippen molar-refractivity contribution in [1.29, 1.82) is 37.6 Å². The van der Waals surface area contributed by atoms with Crippen molar-refractivity contribution >= 4 is 191 Å². The van der Waals surface area contributed by atoms with E-state index < -0.39 is 23.3 Å². The van der Waals surface area contributed by atoms with Crippen LogP contribution in [0.3, 0.4) is 0 Å². The van der Waals surface area contributed by atoms with E-state index in [-0.39, 0.29) is 77.1 Å². The molecule has 0 saturated carbocycles. The van der Waals surface area contributed by atoms with Crippen molar-refractivity contribution in [3.63, 3.8) is 0 Å². The number of carbonyl (C=O) groups is 5. The van der Waals surface area contributed by atoms with Crippen molar-refractivity contribution < 1.29 is 41.5 Å². The van der Waals surface area contributed by atoms with Gasteiger partial charge in [0.1, 0.15) is 34.4 Å². The molecule has 3 aromatic heterocycles. The summed E-state index contributed by atoms with van der Waals surface area (Å²) in [7, 11) is 3.12. The predicted octanol–water partition coefficient (Wildman–Crippen LogP) is 16.0. The molecule has 8 aromatic carbocycles. The second-order valence-corrected chi connectivity index (χ2v) is 35.0. The summed E-state index contributed by atoms with van der Waals surface area (Å²) in [4.78, 5) is 80.1. The second kappa shape index (κ2) is 57.8. The highest BCUT2D eigenvalue weighted by molar-refractivity contribution is 9.10. The number of aromatic nitrogens is 3. The van der Waals surface area contributed by atoms with Crippen LogP contribution < -0.4 is 66.7 Å². The molecule has 0 atom stereocenters. The molecule has 0 aliphatic rings. The minimum Gasteiger partial charge on any atom is -0.379 e. The van der Waals surface area contributed by atoms with E-state index in [4.69, 9.17) is 77.7 Å². The Morgan fingerprint density at radius 2 is 0.710 bits per heavy atom. The van der Waals surface area contributed by atoms with E-state index in [2.05, 4.69) is 89.4 Å². The first kappa shape index (κ1) is 107. The van der Waals surface area contributed by atoms with Crippen LogP contribution in [0.5, 0.6) is 0 Å². The molecule has 0 bridgehead atoms. The zero-order valence-corrected chi connectivity index (χ0v) is 78.7. The third-order valence-electron chi connectivity index (χ3n) is 16.9. The highest BCUT2D eigenvalue weighted by Crippen LogP contribution is 2.28. The standard InChI is InChI=1S/C22H18F4N4S2.C17H16N4OS.C16H15Br2N3OS.C16H15N5OS.2C9H12N4OS/c23-15-5-7-19(17(25)9-15)29-21(27)31-11-13-3-1-2-4-14(13)12-32-22(28)30-20-8-6-16(24)10-18(20)26;18-9-12-5-7-13(8-6-12)10-21-16(22)15-4-2-1-3-14(15)11-23-17(19)20;17-12-3-1-10(2-4-12)8-21-15(22)14-6-5-13(18)7-11(14)9-23-16(19)20;17-8-11-3-5-12(6-4-11)9-21-15(22)14-13(2-1-7-20-14)10-23-16(18)19;1-12-8(14)6-3-2-4-13-7(6)5-15-9(10)11;1-12-8(14)7-6(3-2-4-13-7)5-15-9(10)11/h1-10H,11-12H2,(H2,27,29)(H2,28,30);1-8H,10-11H2,(H3,19,20)(H,21,22);1-7H,8-9H2,(H3,19,20)(H,21,22);1-7H,9-10H2,(H3,18,19)(H,21,22);2*2-4H,5H2,1H3,(H3,10,11)(H,12,14). The van der Waals surface area contributed by atoms with Crippen LogP contribution in [0.1, 0.15) is 119 Å². The number of nitrogens with two attached hydrogens (primary N) is 7. The summed E-state index contributed by atoms with van der Waals surface area (Å²) in [5.74, 6) is -0.764. The van der Waals surface area contributed by atoms with Gasteiger partial charge >= 0.3 is 0 Å². The average molecular weight is 2030 g/mol. The second-order valence-electron chi connectivity index (χ2n) is 26.1. The van der Waals surface area contributed by atoms with Crippen molar-refractivity contribution in [3.05, 3.63) is 358 Å². The van der Waals surface area contributed by atoms with Gasteiger partial charge in [0.05, 0.1) is 34.5 Å². The summed E-state index contributed by atoms with van der Waals surface area (Å²) in [5.41, 5.74) is 50.3. The Balaban J connectivity index is 0.000000246. The number of pyridine rings is 3. The maximum Gasteiger partial charge on any atom is 0.270 e. The number of nitrogens with zero attached hydrogens (tertiary/aromatic N) is 7. The highest BCUT2D eigenvalue weighted by Gasteiger charge is 2.19. The molecule has 0 aliphatic heterocycles. The van der Waals surface area contributed by atoms with E-state index in [1.165, 1.54) is 70.9 Å². The number of nitrogens with one attached hydrogen (secondary N) is 10. The first-order chi connectivity index (χ1) is 62.8. The van der Waals surface area contributed by atoms with E-state index in [0.29, 0.717) is 105 Å². The van der Waals surface area contributed by atoms with Gasteiger partial charge in [-0.1, -0.05) is 205 Å². The van der Waals surface area contributed by atoms with Gasteiger partial charge in [-0.25, -0.2) is 27.5 Å². The predicted molar refractivity (Wildman–Crippen MR) is 530 cm³/mol. The van der Waals surface area contributed by atoms with Gasteiger partial charge in [0.15, 0.2) is 47.8 Å². The molecule has 678 valence electrons. The lowest BCUT2D eigenvalue weighted by Gasteiger charge is -2.11. The van der Waals surface area contributed by atoms with E-state index in [1.54, 1.807) is 124 Å². The van der Waals surface area contributed by atoms with Crippen LogP contribution in [0.4, 0.5) is 28.9 Å². The number of benzene rings is 8. The molecule has 3 heterocycles. The van der Waals surface area contributed by atoms with Gasteiger partial charge < -0.3 is 66.7 Å². The summed E-state index contributed by atoms with van der Waals surface area (Å²) < 4.78 is 55.4. The molecule has 0 saturated heterocycles. The Bertz CT molecular complexity index is 5670. The lowest BCUT2D eigenvalue weighted by Crippen LogP contribution is -2.25. The smallest absolute Gasteiger partial charge is 0.270 e. The number of carbonyl (C=O) groups excluding carboxylic acids is 5. The Labute approximate surface area is 799 Å². The van der Waals surface area contributed by atoms with E-state index in [1.807, 2.05) is 91.0 Å². The van der Waals surface area contributed by atoms with E-state index in [0.717, 1.165) is 107 Å². The normalized spacial score (nSPS) is 10.5. The number of thioether (sulfide) groups is 7. The van der Waals surface area contributed by atoms with Gasteiger partial charge in [0.25, 0.3) is 29.5 Å². The lowest BCUT2D eigenvalue weighted by atomic mass is 10.1. The maximum atomic E-state index is 13.7. The molecule has 0 aliphatic carbocycles. The molecule has 42 heteroatoms. The number of halogens is 6. The summed E-state index contributed by atoms with van der Waals surface area (Å²) in [6.07, 6.45) is 4.73. The molecular formula is C89H88Br2F4N24O5S7. The first-order valence-electron chi connectivity index (χ1n) is 38.2. The molecule has 11 aromatic rings. The minimum absolute atomic E-state index is 0.00204. The van der Waals surface area contributed by atoms with Crippen LogP contribution >= 0.6 is 114 Å². The van der Waals surface area contributed by atoms with Crippen molar-refractivity contribution in [2.75, 3.05) is 14.1 Å². The molecular weight excluding hydrogens is 1950 g/mol. The van der Waals surface area contributed by atoms with Gasteiger partial charge in [0, 0.05) is 125 Å². The zero-order chi connectivity index (χ0) is 95.7. The van der Waals surface area contributed by atoms with Gasteiger partial charge in [-0.15, -0.1) is 0 Å². The summed E-state index contributed by atoms with van der Waals surface area (Å²) in [6, 6.07) is 62.9. The Morgan fingerprint density at radius 3 is 1.14 bits per heavy atom. The minimum atomic E-state index is -0.794. The quantitative estimate of drug-likeness (QED) is 0.0129. The molecule has 0 fully saturated rings. The monoisotopic (exact) mass is 2030 g/mol. The van der Waals surface area contributed by atoms with Crippen molar-refractivity contribution in [1.82, 2.24) is 41.5 Å². The fraction of sp³-hybridized carbons (Fsp3) is 0.135. The Hall–Kier alpha value is -13.0. The number of amides is 5. The molecule has 0 unspecified atom stereocenters. The molecule has 29 nitrogen and oxygen atoms in total. The largest absolute Gasteiger partial charge is 0.379 e. The van der Waals surface area contributed by atoms with Gasteiger partial charge in [-0.3, -0.25) is 66.0 Å². The third-order valence-corrected chi connectivity index (χ3v) is 23.4. The first-order valence-corrected chi connectivity index (χ1v) is 46.7. The van der Waals surface area contributed by atoms with Crippen LogP contribution in [-0.4, -0.2) is 94.8 Å². The molecule has 5 amide bonds. The van der Waals surface area contributed by atoms with Crippen LogP contribution in [0.15, 0.2) is 250 Å². The maximum absolute atomic E-state index is 13.7. The number of aliphatic imine (C=N–C) groups is 2. The fourth-order valence-electron chi connectivity index (χ4n) is 10.5. The summed E-state index contributed by atoms with van der Waals surface area (Å²) >= 11 is 15.0. The van der Waals surface area contributed by atoms with Gasteiger partial charge in [0.2, 0.25) is 0 Å². The number of hydrogen-bond donors (Lipinski definition) is 17. The van der Waals surface area contributed by atoms with Gasteiger partial charge in [-0.2, -0.15) is 10.5 Å². The van der Waals surface area contributed by atoms with Crippen LogP contribution in [0, 0.1) is 73.0 Å². The number of hydrogen-bond acceptors (Lipinski definition) is 24. The van der Waals surface area contributed by atoms with Gasteiger partial charge in [-0.05, 0) is 159 Å². The van der Waals surface area contributed by atoms with Crippen LogP contribution in [-0.2, 0) is 59.9 Å². The number of rotatable bonds is 27. The zero-order valence-electron chi connectivity index (χ0n) is 69.8. The Morgan fingerprint density at radius 1 is 0.366 bits per heavy atom. The summed E-state index contributed by atoms with van der Waals surface area (Å²) in [5, 5.41) is 67.5.